The third-order valence-electron chi connectivity index (χ3n) is 3.06. The number of hydrogen-bond donors (Lipinski definition) is 1. The van der Waals surface area contributed by atoms with Crippen LogP contribution < -0.4 is 10.1 Å². The first-order chi connectivity index (χ1) is 9.17. The Morgan fingerprint density at radius 2 is 2.05 bits per heavy atom. The van der Waals surface area contributed by atoms with Gasteiger partial charge in [0.25, 0.3) is 0 Å². The Kier molecular flexibility index (Phi) is 4.37. The highest BCUT2D eigenvalue weighted by atomic mass is 32.1. The Morgan fingerprint density at radius 1 is 1.26 bits per heavy atom. The van der Waals surface area contributed by atoms with E-state index in [1.54, 1.807) is 18.4 Å². The average Bonchev–Trinajstić information content (AvgIpc) is 2.88. The summed E-state index contributed by atoms with van der Waals surface area (Å²) in [6, 6.07) is 4.14. The molecular weight excluding hydrogens is 258 g/mol. The molecule has 0 saturated heterocycles. The van der Waals surface area contributed by atoms with E-state index in [9.17, 15) is 0 Å². The predicted molar refractivity (Wildman–Crippen MR) is 80.2 cm³/mol. The monoisotopic (exact) mass is 277 g/mol. The van der Waals surface area contributed by atoms with E-state index in [0.717, 1.165) is 40.0 Å². The van der Waals surface area contributed by atoms with Crippen molar-refractivity contribution in [3.8, 4) is 16.3 Å². The summed E-state index contributed by atoms with van der Waals surface area (Å²) in [5.41, 5.74) is 3.38. The fourth-order valence-corrected chi connectivity index (χ4v) is 2.65. The lowest BCUT2D eigenvalue weighted by atomic mass is 10.0. The second-order valence-electron chi connectivity index (χ2n) is 4.43. The van der Waals surface area contributed by atoms with Gasteiger partial charge in [-0.3, -0.25) is 0 Å². The van der Waals surface area contributed by atoms with Crippen molar-refractivity contribution in [2.45, 2.75) is 27.2 Å². The van der Waals surface area contributed by atoms with E-state index in [4.69, 9.17) is 4.74 Å². The molecule has 0 bridgehead atoms. The van der Waals surface area contributed by atoms with Crippen molar-refractivity contribution in [2.24, 2.45) is 0 Å². The Morgan fingerprint density at radius 3 is 2.74 bits per heavy atom. The number of hydrogen-bond acceptors (Lipinski definition) is 5. The second kappa shape index (κ2) is 6.02. The minimum absolute atomic E-state index is 0.858. The Bertz CT molecular complexity index is 566. The van der Waals surface area contributed by atoms with Crippen molar-refractivity contribution in [1.82, 2.24) is 10.2 Å². The van der Waals surface area contributed by atoms with Crippen LogP contribution in [0.2, 0.25) is 0 Å². The number of rotatable bonds is 5. The molecule has 0 unspecified atom stereocenters. The quantitative estimate of drug-likeness (QED) is 0.906. The summed E-state index contributed by atoms with van der Waals surface area (Å²) in [6.45, 7) is 7.19. The van der Waals surface area contributed by atoms with Crippen LogP contribution in [0.4, 0.5) is 5.13 Å². The van der Waals surface area contributed by atoms with Gasteiger partial charge in [-0.25, -0.2) is 0 Å². The number of nitrogens with zero attached hydrogens (tertiary/aromatic N) is 2. The number of nitrogens with one attached hydrogen (secondary N) is 1. The molecule has 4 nitrogen and oxygen atoms in total. The summed E-state index contributed by atoms with van der Waals surface area (Å²) in [7, 11) is 1.70. The molecule has 1 aromatic heterocycles. The van der Waals surface area contributed by atoms with Gasteiger partial charge in [0.15, 0.2) is 5.01 Å². The van der Waals surface area contributed by atoms with E-state index in [1.807, 2.05) is 6.07 Å². The first kappa shape index (κ1) is 13.8. The van der Waals surface area contributed by atoms with Crippen LogP contribution in [0.15, 0.2) is 12.1 Å². The molecule has 0 fully saturated rings. The Hall–Kier alpha value is -1.62. The van der Waals surface area contributed by atoms with Gasteiger partial charge in [0.05, 0.1) is 12.7 Å². The number of aryl methyl sites for hydroxylation is 1. The number of anilines is 1. The van der Waals surface area contributed by atoms with E-state index in [2.05, 4.69) is 42.4 Å². The lowest BCUT2D eigenvalue weighted by Gasteiger charge is -2.11. The van der Waals surface area contributed by atoms with Crippen LogP contribution >= 0.6 is 11.3 Å². The molecule has 0 aliphatic heterocycles. The molecule has 0 amide bonds. The molecule has 102 valence electrons. The molecule has 5 heteroatoms. The van der Waals surface area contributed by atoms with E-state index < -0.39 is 0 Å². The van der Waals surface area contributed by atoms with E-state index in [0.29, 0.717) is 0 Å². The molecule has 2 aromatic rings. The maximum Gasteiger partial charge on any atom is 0.206 e. The van der Waals surface area contributed by atoms with Gasteiger partial charge in [0, 0.05) is 6.54 Å². The van der Waals surface area contributed by atoms with Crippen molar-refractivity contribution >= 4 is 16.5 Å². The van der Waals surface area contributed by atoms with Crippen molar-refractivity contribution in [3.05, 3.63) is 23.3 Å². The van der Waals surface area contributed by atoms with Crippen molar-refractivity contribution < 1.29 is 4.74 Å². The van der Waals surface area contributed by atoms with Crippen LogP contribution in [0.5, 0.6) is 5.75 Å². The standard InChI is InChI=1S/C14H19N3OS/c1-5-8-15-14-17-16-13(19-14)11-7-6-9(2)10(3)12(11)18-4/h6-7H,5,8H2,1-4H3,(H,15,17). The summed E-state index contributed by atoms with van der Waals surface area (Å²) in [6.07, 6.45) is 1.07. The van der Waals surface area contributed by atoms with Gasteiger partial charge >= 0.3 is 0 Å². The fourth-order valence-electron chi connectivity index (χ4n) is 1.86. The summed E-state index contributed by atoms with van der Waals surface area (Å²) in [4.78, 5) is 0. The van der Waals surface area contributed by atoms with Gasteiger partial charge in [-0.15, -0.1) is 10.2 Å². The molecule has 0 aliphatic carbocycles. The van der Waals surface area contributed by atoms with Gasteiger partial charge in [-0.05, 0) is 37.5 Å². The molecule has 0 saturated carbocycles. The van der Waals surface area contributed by atoms with Crippen LogP contribution in [-0.4, -0.2) is 23.9 Å². The van der Waals surface area contributed by atoms with Crippen LogP contribution in [0.3, 0.4) is 0 Å². The molecule has 19 heavy (non-hydrogen) atoms. The molecule has 2 rings (SSSR count). The van der Waals surface area contributed by atoms with E-state index in [1.165, 1.54) is 5.56 Å². The molecule has 1 heterocycles. The summed E-state index contributed by atoms with van der Waals surface area (Å²) < 4.78 is 5.52. The zero-order valence-electron chi connectivity index (χ0n) is 11.8. The molecule has 0 spiro atoms. The lowest BCUT2D eigenvalue weighted by Crippen LogP contribution is -1.98. The zero-order chi connectivity index (χ0) is 13.8. The molecule has 0 atom stereocenters. The fraction of sp³-hybridized carbons (Fsp3) is 0.429. The first-order valence-corrected chi connectivity index (χ1v) is 7.21. The van der Waals surface area contributed by atoms with Gasteiger partial charge in [-0.2, -0.15) is 0 Å². The summed E-state index contributed by atoms with van der Waals surface area (Å²) in [5, 5.41) is 13.4. The summed E-state index contributed by atoms with van der Waals surface area (Å²) >= 11 is 1.56. The minimum Gasteiger partial charge on any atom is -0.496 e. The topological polar surface area (TPSA) is 47.0 Å². The van der Waals surface area contributed by atoms with E-state index >= 15 is 0 Å². The first-order valence-electron chi connectivity index (χ1n) is 6.39. The largest absolute Gasteiger partial charge is 0.496 e. The van der Waals surface area contributed by atoms with Crippen molar-refractivity contribution in [3.63, 3.8) is 0 Å². The summed E-state index contributed by atoms with van der Waals surface area (Å²) in [5.74, 6) is 0.887. The maximum atomic E-state index is 5.52. The average molecular weight is 277 g/mol. The van der Waals surface area contributed by atoms with E-state index in [-0.39, 0.29) is 0 Å². The normalized spacial score (nSPS) is 10.5. The van der Waals surface area contributed by atoms with Crippen LogP contribution in [0.25, 0.3) is 10.6 Å². The number of aromatic nitrogens is 2. The van der Waals surface area contributed by atoms with Crippen LogP contribution in [0, 0.1) is 13.8 Å². The van der Waals surface area contributed by atoms with Gasteiger partial charge in [0.2, 0.25) is 5.13 Å². The predicted octanol–water partition coefficient (Wildman–Crippen LogP) is 3.65. The number of ether oxygens (including phenoxy) is 1. The lowest BCUT2D eigenvalue weighted by molar-refractivity contribution is 0.413. The molecular formula is C14H19N3OS. The van der Waals surface area contributed by atoms with Crippen LogP contribution in [0.1, 0.15) is 24.5 Å². The smallest absolute Gasteiger partial charge is 0.206 e. The third kappa shape index (κ3) is 2.87. The molecule has 1 N–H and O–H groups in total. The van der Waals surface area contributed by atoms with Gasteiger partial charge in [0.1, 0.15) is 5.75 Å². The highest BCUT2D eigenvalue weighted by molar-refractivity contribution is 7.18. The van der Waals surface area contributed by atoms with Crippen LogP contribution in [-0.2, 0) is 0 Å². The highest BCUT2D eigenvalue weighted by Crippen LogP contribution is 2.36. The maximum absolute atomic E-state index is 5.52. The van der Waals surface area contributed by atoms with Crippen molar-refractivity contribution in [2.75, 3.05) is 19.0 Å². The minimum atomic E-state index is 0.858. The Balaban J connectivity index is 2.36. The van der Waals surface area contributed by atoms with Crippen molar-refractivity contribution in [1.29, 1.82) is 0 Å². The number of methoxy groups -OCH3 is 1. The highest BCUT2D eigenvalue weighted by Gasteiger charge is 2.14. The molecule has 0 radical (unpaired) electrons. The molecule has 0 aliphatic rings. The van der Waals surface area contributed by atoms with Gasteiger partial charge < -0.3 is 10.1 Å². The number of benzene rings is 1. The zero-order valence-corrected chi connectivity index (χ0v) is 12.6. The SMILES string of the molecule is CCCNc1nnc(-c2ccc(C)c(C)c2OC)s1. The second-order valence-corrected chi connectivity index (χ2v) is 5.40. The van der Waals surface area contributed by atoms with Gasteiger partial charge in [-0.1, -0.05) is 24.3 Å². The molecule has 1 aromatic carbocycles. The Labute approximate surface area is 117 Å². The third-order valence-corrected chi connectivity index (χ3v) is 3.98.